The number of hydrogen-bond donors (Lipinski definition) is 2. The predicted molar refractivity (Wildman–Crippen MR) is 115 cm³/mol. The molecule has 0 radical (unpaired) electrons. The molecule has 1 aliphatic rings. The van der Waals surface area contributed by atoms with Crippen LogP contribution >= 0.6 is 0 Å². The number of fused-ring (bicyclic) bond motifs is 1. The van der Waals surface area contributed by atoms with Crippen LogP contribution < -0.4 is 15.7 Å². The standard InChI is InChI=1S/C22H28N2O8/c1-14-15(3-4-19(27)23-13-24-5-7-30-8-6-24)22(28)32-21-16(12-25)17(26)11-18(20(14)21)31-10-9-29-2/h11-12,26H,3-10,13H2,1-2H3,(H,23,27). The molecule has 32 heavy (non-hydrogen) atoms. The number of morpholine rings is 1. The van der Waals surface area contributed by atoms with E-state index in [-0.39, 0.29) is 48.0 Å². The number of nitrogens with one attached hydrogen (secondary N) is 1. The number of aryl methyl sites for hydroxylation is 1. The van der Waals surface area contributed by atoms with Crippen molar-refractivity contribution in [1.82, 2.24) is 10.2 Å². The highest BCUT2D eigenvalue weighted by molar-refractivity contribution is 6.01. The van der Waals surface area contributed by atoms with Gasteiger partial charge in [-0.25, -0.2) is 4.79 Å². The van der Waals surface area contributed by atoms with Gasteiger partial charge < -0.3 is 29.1 Å². The minimum atomic E-state index is -0.660. The quantitative estimate of drug-likeness (QED) is 0.311. The van der Waals surface area contributed by atoms with E-state index in [1.807, 2.05) is 0 Å². The molecule has 2 heterocycles. The zero-order chi connectivity index (χ0) is 23.1. The van der Waals surface area contributed by atoms with Crippen molar-refractivity contribution < 1.29 is 33.3 Å². The van der Waals surface area contributed by atoms with Gasteiger partial charge in [-0.05, 0) is 18.9 Å². The van der Waals surface area contributed by atoms with E-state index in [4.69, 9.17) is 18.6 Å². The Balaban J connectivity index is 1.82. The second-order valence-electron chi connectivity index (χ2n) is 7.45. The number of carbonyl (C=O) groups excluding carboxylic acids is 2. The molecule has 174 valence electrons. The van der Waals surface area contributed by atoms with Crippen molar-refractivity contribution >= 4 is 23.2 Å². The summed E-state index contributed by atoms with van der Waals surface area (Å²) in [7, 11) is 1.53. The Morgan fingerprint density at radius 3 is 2.75 bits per heavy atom. The largest absolute Gasteiger partial charge is 0.507 e. The molecule has 1 saturated heterocycles. The lowest BCUT2D eigenvalue weighted by Gasteiger charge is -2.26. The maximum Gasteiger partial charge on any atom is 0.339 e. The van der Waals surface area contributed by atoms with Crippen LogP contribution in [0, 0.1) is 6.92 Å². The number of hydrogen-bond acceptors (Lipinski definition) is 9. The SMILES string of the molecule is COCCOc1cc(O)c(C=O)c2oc(=O)c(CCC(=O)NCN3CCOCC3)c(C)c12. The third-order valence-corrected chi connectivity index (χ3v) is 5.40. The molecule has 1 aromatic heterocycles. The summed E-state index contributed by atoms with van der Waals surface area (Å²) in [5, 5.41) is 13.4. The van der Waals surface area contributed by atoms with Gasteiger partial charge in [-0.15, -0.1) is 0 Å². The molecule has 2 aromatic rings. The molecule has 0 atom stereocenters. The Labute approximate surface area is 185 Å². The average Bonchev–Trinajstić information content (AvgIpc) is 2.78. The lowest BCUT2D eigenvalue weighted by molar-refractivity contribution is -0.122. The van der Waals surface area contributed by atoms with Gasteiger partial charge in [0.05, 0.1) is 37.4 Å². The highest BCUT2D eigenvalue weighted by Gasteiger charge is 2.21. The van der Waals surface area contributed by atoms with Gasteiger partial charge in [0.25, 0.3) is 0 Å². The Morgan fingerprint density at radius 1 is 1.31 bits per heavy atom. The van der Waals surface area contributed by atoms with E-state index in [9.17, 15) is 19.5 Å². The maximum absolute atomic E-state index is 12.6. The van der Waals surface area contributed by atoms with E-state index < -0.39 is 5.63 Å². The van der Waals surface area contributed by atoms with Gasteiger partial charge in [0.2, 0.25) is 5.91 Å². The second kappa shape index (κ2) is 11.1. The summed E-state index contributed by atoms with van der Waals surface area (Å²) in [4.78, 5) is 38.5. The fraction of sp³-hybridized carbons (Fsp3) is 0.500. The lowest BCUT2D eigenvalue weighted by Crippen LogP contribution is -2.43. The molecule has 1 fully saturated rings. The molecule has 0 spiro atoms. The first-order valence-electron chi connectivity index (χ1n) is 10.4. The van der Waals surface area contributed by atoms with Crippen LogP contribution in [-0.4, -0.2) is 75.5 Å². The number of ether oxygens (including phenoxy) is 3. The Hall–Kier alpha value is -2.95. The minimum absolute atomic E-state index is 0.0459. The molecular formula is C22H28N2O8. The van der Waals surface area contributed by atoms with E-state index in [2.05, 4.69) is 10.2 Å². The third-order valence-electron chi connectivity index (χ3n) is 5.40. The molecule has 1 amide bonds. The summed E-state index contributed by atoms with van der Waals surface area (Å²) in [6, 6.07) is 1.31. The van der Waals surface area contributed by atoms with E-state index in [1.54, 1.807) is 6.92 Å². The second-order valence-corrected chi connectivity index (χ2v) is 7.45. The van der Waals surface area contributed by atoms with Crippen molar-refractivity contribution in [1.29, 1.82) is 0 Å². The van der Waals surface area contributed by atoms with Crippen molar-refractivity contribution in [2.45, 2.75) is 19.8 Å². The zero-order valence-electron chi connectivity index (χ0n) is 18.3. The van der Waals surface area contributed by atoms with Crippen molar-refractivity contribution in [3.63, 3.8) is 0 Å². The van der Waals surface area contributed by atoms with Gasteiger partial charge in [-0.3, -0.25) is 14.5 Å². The first kappa shape index (κ1) is 23.7. The summed E-state index contributed by atoms with van der Waals surface area (Å²) in [6.07, 6.45) is 0.686. The number of nitrogens with zero attached hydrogens (tertiary/aromatic N) is 1. The summed E-state index contributed by atoms with van der Waals surface area (Å²) < 4.78 is 21.4. The van der Waals surface area contributed by atoms with Gasteiger partial charge in [0.15, 0.2) is 11.9 Å². The zero-order valence-corrected chi connectivity index (χ0v) is 18.3. The first-order valence-corrected chi connectivity index (χ1v) is 10.4. The van der Waals surface area contributed by atoms with Crippen LogP contribution in [0.1, 0.15) is 27.9 Å². The van der Waals surface area contributed by atoms with Crippen LogP contribution in [0.4, 0.5) is 0 Å². The minimum Gasteiger partial charge on any atom is -0.507 e. The number of phenolic OH excluding ortho intramolecular Hbond substituents is 1. The fourth-order valence-electron chi connectivity index (χ4n) is 3.59. The molecular weight excluding hydrogens is 420 g/mol. The summed E-state index contributed by atoms with van der Waals surface area (Å²) in [6.45, 7) is 5.42. The van der Waals surface area contributed by atoms with Gasteiger partial charge in [-0.2, -0.15) is 0 Å². The molecule has 0 saturated carbocycles. The van der Waals surface area contributed by atoms with Crippen molar-refractivity contribution in [2.75, 3.05) is 53.3 Å². The predicted octanol–water partition coefficient (Wildman–Crippen LogP) is 0.983. The van der Waals surface area contributed by atoms with Crippen molar-refractivity contribution in [3.8, 4) is 11.5 Å². The van der Waals surface area contributed by atoms with E-state index in [0.29, 0.717) is 49.3 Å². The summed E-state index contributed by atoms with van der Waals surface area (Å²) in [5.74, 6) is -0.275. The normalized spacial score (nSPS) is 14.4. The molecule has 0 aliphatic carbocycles. The van der Waals surface area contributed by atoms with E-state index in [0.717, 1.165) is 13.1 Å². The Kier molecular flexibility index (Phi) is 8.20. The number of benzene rings is 1. The van der Waals surface area contributed by atoms with E-state index >= 15 is 0 Å². The molecule has 1 aromatic carbocycles. The van der Waals surface area contributed by atoms with Gasteiger partial charge >= 0.3 is 5.63 Å². The van der Waals surface area contributed by atoms with Gasteiger partial charge in [-0.1, -0.05) is 0 Å². The summed E-state index contributed by atoms with van der Waals surface area (Å²) in [5.41, 5.74) is 0.0166. The maximum atomic E-state index is 12.6. The lowest BCUT2D eigenvalue weighted by atomic mass is 9.99. The van der Waals surface area contributed by atoms with Crippen LogP contribution in [0.2, 0.25) is 0 Å². The fourth-order valence-corrected chi connectivity index (χ4v) is 3.59. The smallest absolute Gasteiger partial charge is 0.339 e. The highest BCUT2D eigenvalue weighted by atomic mass is 16.5. The number of amides is 1. The number of carbonyl (C=O) groups is 2. The van der Waals surface area contributed by atoms with Gasteiger partial charge in [0, 0.05) is 38.2 Å². The topological polar surface area (TPSA) is 128 Å². The number of methoxy groups -OCH3 is 1. The van der Waals surface area contributed by atoms with Crippen LogP contribution in [0.15, 0.2) is 15.3 Å². The Morgan fingerprint density at radius 2 is 2.06 bits per heavy atom. The average molecular weight is 448 g/mol. The summed E-state index contributed by atoms with van der Waals surface area (Å²) >= 11 is 0. The van der Waals surface area contributed by atoms with E-state index in [1.165, 1.54) is 13.2 Å². The molecule has 0 bridgehead atoms. The molecule has 10 nitrogen and oxygen atoms in total. The van der Waals surface area contributed by atoms with Crippen LogP contribution in [-0.2, 0) is 20.7 Å². The monoisotopic (exact) mass is 448 g/mol. The van der Waals surface area contributed by atoms with Crippen LogP contribution in [0.25, 0.3) is 11.0 Å². The number of aldehydes is 1. The number of phenols is 1. The molecule has 2 N–H and O–H groups in total. The molecule has 1 aliphatic heterocycles. The number of rotatable bonds is 10. The van der Waals surface area contributed by atoms with Crippen LogP contribution in [0.5, 0.6) is 11.5 Å². The first-order chi connectivity index (χ1) is 15.5. The molecule has 10 heteroatoms. The molecule has 3 rings (SSSR count). The van der Waals surface area contributed by atoms with Gasteiger partial charge in [0.1, 0.15) is 18.1 Å². The van der Waals surface area contributed by atoms with Crippen molar-refractivity contribution in [2.24, 2.45) is 0 Å². The molecule has 0 unspecified atom stereocenters. The third kappa shape index (κ3) is 5.45. The number of aromatic hydroxyl groups is 1. The Bertz CT molecular complexity index is 1030. The van der Waals surface area contributed by atoms with Crippen molar-refractivity contribution in [3.05, 3.63) is 33.2 Å². The van der Waals surface area contributed by atoms with Crippen LogP contribution in [0.3, 0.4) is 0 Å². The highest BCUT2D eigenvalue weighted by Crippen LogP contribution is 2.36.